The number of benzene rings is 2. The zero-order valence-electron chi connectivity index (χ0n) is 11.9. The molecular formula is C16H12N4O2S. The van der Waals surface area contributed by atoms with Crippen molar-refractivity contribution in [2.75, 3.05) is 10.6 Å². The Labute approximate surface area is 136 Å². The van der Waals surface area contributed by atoms with E-state index in [0.29, 0.717) is 21.9 Å². The van der Waals surface area contributed by atoms with Gasteiger partial charge in [-0.05, 0) is 30.3 Å². The van der Waals surface area contributed by atoms with Crippen molar-refractivity contribution in [3.05, 3.63) is 71.2 Å². The van der Waals surface area contributed by atoms with E-state index in [-0.39, 0.29) is 11.8 Å². The molecule has 0 unspecified atom stereocenters. The summed E-state index contributed by atoms with van der Waals surface area (Å²) in [5.41, 5.74) is 3.05. The van der Waals surface area contributed by atoms with Crippen molar-refractivity contribution in [1.29, 1.82) is 0 Å². The quantitative estimate of drug-likeness (QED) is 0.772. The molecule has 0 bridgehead atoms. The zero-order valence-corrected chi connectivity index (χ0v) is 12.7. The highest BCUT2D eigenvalue weighted by molar-refractivity contribution is 7.13. The van der Waals surface area contributed by atoms with E-state index in [2.05, 4.69) is 20.8 Å². The van der Waals surface area contributed by atoms with E-state index in [0.717, 1.165) is 0 Å². The second-order valence-electron chi connectivity index (χ2n) is 4.60. The van der Waals surface area contributed by atoms with Crippen LogP contribution in [-0.4, -0.2) is 22.0 Å². The van der Waals surface area contributed by atoms with Crippen LogP contribution in [0.3, 0.4) is 0 Å². The summed E-state index contributed by atoms with van der Waals surface area (Å²) in [5.74, 6) is -0.537. The lowest BCUT2D eigenvalue weighted by Gasteiger charge is -2.07. The van der Waals surface area contributed by atoms with Gasteiger partial charge in [-0.1, -0.05) is 35.6 Å². The monoisotopic (exact) mass is 324 g/mol. The Morgan fingerprint density at radius 3 is 2.35 bits per heavy atom. The van der Waals surface area contributed by atoms with Gasteiger partial charge in [-0.3, -0.25) is 14.9 Å². The molecule has 2 amide bonds. The van der Waals surface area contributed by atoms with E-state index in [1.165, 1.54) is 16.8 Å². The number of aromatic nitrogens is 2. The lowest BCUT2D eigenvalue weighted by molar-refractivity contribution is 0.101. The number of nitrogens with zero attached hydrogens (tertiary/aromatic N) is 2. The molecule has 0 saturated heterocycles. The van der Waals surface area contributed by atoms with Crippen molar-refractivity contribution in [3.63, 3.8) is 0 Å². The largest absolute Gasteiger partial charge is 0.322 e. The van der Waals surface area contributed by atoms with Gasteiger partial charge in [-0.15, -0.1) is 10.2 Å². The first-order valence-electron chi connectivity index (χ1n) is 6.76. The molecule has 23 heavy (non-hydrogen) atoms. The van der Waals surface area contributed by atoms with E-state index >= 15 is 0 Å². The summed E-state index contributed by atoms with van der Waals surface area (Å²) in [6, 6.07) is 15.6. The van der Waals surface area contributed by atoms with Crippen molar-refractivity contribution < 1.29 is 9.59 Å². The number of carbonyl (C=O) groups is 2. The Morgan fingerprint density at radius 1 is 0.870 bits per heavy atom. The molecule has 0 fully saturated rings. The molecule has 0 atom stereocenters. The van der Waals surface area contributed by atoms with Crippen LogP contribution >= 0.6 is 11.3 Å². The Bertz CT molecular complexity index is 819. The number of hydrogen-bond donors (Lipinski definition) is 2. The first-order valence-corrected chi connectivity index (χ1v) is 7.64. The molecule has 6 nitrogen and oxygen atoms in total. The summed E-state index contributed by atoms with van der Waals surface area (Å²) < 4.78 is 0. The molecule has 0 spiro atoms. The third-order valence-electron chi connectivity index (χ3n) is 3.00. The number of amides is 2. The summed E-state index contributed by atoms with van der Waals surface area (Å²) in [6.45, 7) is 0. The highest BCUT2D eigenvalue weighted by Gasteiger charge is 2.10. The fourth-order valence-electron chi connectivity index (χ4n) is 1.93. The standard InChI is InChI=1S/C16H12N4O2S/c21-14(11-5-2-1-3-6-11)18-13-8-4-7-12(9-13)15(22)19-16-20-17-10-23-16/h1-10H,(H,18,21)(H,19,20,22). The third kappa shape index (κ3) is 3.78. The Hall–Kier alpha value is -3.06. The maximum Gasteiger partial charge on any atom is 0.257 e. The minimum atomic E-state index is -0.308. The SMILES string of the molecule is O=C(Nc1cccc(C(=O)Nc2nncs2)c1)c1ccccc1. The van der Waals surface area contributed by atoms with Crippen LogP contribution in [0.2, 0.25) is 0 Å². The van der Waals surface area contributed by atoms with Gasteiger partial charge in [0.05, 0.1) is 0 Å². The second-order valence-corrected chi connectivity index (χ2v) is 5.43. The van der Waals surface area contributed by atoms with Gasteiger partial charge >= 0.3 is 0 Å². The molecule has 0 aliphatic carbocycles. The van der Waals surface area contributed by atoms with Gasteiger partial charge in [0, 0.05) is 16.8 Å². The Kier molecular flexibility index (Phi) is 4.39. The molecule has 0 aliphatic rings. The van der Waals surface area contributed by atoms with Crippen LogP contribution in [0.5, 0.6) is 0 Å². The molecule has 3 rings (SSSR count). The van der Waals surface area contributed by atoms with Crippen molar-refractivity contribution >= 4 is 34.0 Å². The predicted molar refractivity (Wildman–Crippen MR) is 88.7 cm³/mol. The Balaban J connectivity index is 1.72. The van der Waals surface area contributed by atoms with Crippen molar-refractivity contribution in [2.24, 2.45) is 0 Å². The molecule has 3 aromatic rings. The summed E-state index contributed by atoms with van der Waals surface area (Å²) in [6.07, 6.45) is 0. The molecule has 114 valence electrons. The van der Waals surface area contributed by atoms with Crippen LogP contribution in [0.4, 0.5) is 10.8 Å². The van der Waals surface area contributed by atoms with Crippen molar-refractivity contribution in [2.45, 2.75) is 0 Å². The van der Waals surface area contributed by atoms with E-state index < -0.39 is 0 Å². The van der Waals surface area contributed by atoms with Crippen LogP contribution in [0, 0.1) is 0 Å². The van der Waals surface area contributed by atoms with Crippen molar-refractivity contribution in [3.8, 4) is 0 Å². The number of nitrogens with one attached hydrogen (secondary N) is 2. The topological polar surface area (TPSA) is 84.0 Å². The lowest BCUT2D eigenvalue weighted by Crippen LogP contribution is -2.14. The summed E-state index contributed by atoms with van der Waals surface area (Å²) in [7, 11) is 0. The molecule has 7 heteroatoms. The van der Waals surface area contributed by atoms with Gasteiger partial charge < -0.3 is 5.32 Å². The number of rotatable bonds is 4. The molecule has 1 aromatic heterocycles. The van der Waals surface area contributed by atoms with Crippen LogP contribution in [0.25, 0.3) is 0 Å². The van der Waals surface area contributed by atoms with Gasteiger partial charge in [-0.2, -0.15) is 0 Å². The van der Waals surface area contributed by atoms with Gasteiger partial charge in [0.15, 0.2) is 0 Å². The normalized spacial score (nSPS) is 10.1. The number of carbonyl (C=O) groups excluding carboxylic acids is 2. The third-order valence-corrected chi connectivity index (χ3v) is 3.61. The first-order chi connectivity index (χ1) is 11.2. The highest BCUT2D eigenvalue weighted by Crippen LogP contribution is 2.15. The van der Waals surface area contributed by atoms with E-state index in [9.17, 15) is 9.59 Å². The lowest BCUT2D eigenvalue weighted by atomic mass is 10.1. The van der Waals surface area contributed by atoms with Crippen molar-refractivity contribution in [1.82, 2.24) is 10.2 Å². The maximum absolute atomic E-state index is 12.1. The summed E-state index contributed by atoms with van der Waals surface area (Å²) in [4.78, 5) is 24.3. The van der Waals surface area contributed by atoms with Crippen LogP contribution in [0.15, 0.2) is 60.1 Å². The first kappa shape index (κ1) is 14.9. The maximum atomic E-state index is 12.1. The van der Waals surface area contributed by atoms with Gasteiger partial charge in [0.1, 0.15) is 5.51 Å². The molecule has 0 radical (unpaired) electrons. The van der Waals surface area contributed by atoms with E-state index in [1.54, 1.807) is 48.5 Å². The average Bonchev–Trinajstić information content (AvgIpc) is 3.09. The minimum absolute atomic E-state index is 0.229. The molecule has 0 aliphatic heterocycles. The van der Waals surface area contributed by atoms with Gasteiger partial charge in [0.25, 0.3) is 11.8 Å². The summed E-state index contributed by atoms with van der Waals surface area (Å²) in [5, 5.41) is 13.3. The molecule has 0 saturated carbocycles. The zero-order chi connectivity index (χ0) is 16.1. The second kappa shape index (κ2) is 6.80. The highest BCUT2D eigenvalue weighted by atomic mass is 32.1. The molecule has 2 N–H and O–H groups in total. The van der Waals surface area contributed by atoms with Gasteiger partial charge in [0.2, 0.25) is 5.13 Å². The number of anilines is 2. The fraction of sp³-hybridized carbons (Fsp3) is 0. The van der Waals surface area contributed by atoms with Crippen LogP contribution in [-0.2, 0) is 0 Å². The van der Waals surface area contributed by atoms with Crippen LogP contribution in [0.1, 0.15) is 20.7 Å². The van der Waals surface area contributed by atoms with E-state index in [1.807, 2.05) is 6.07 Å². The average molecular weight is 324 g/mol. The molecule has 1 heterocycles. The molecule has 2 aromatic carbocycles. The number of hydrogen-bond acceptors (Lipinski definition) is 5. The smallest absolute Gasteiger partial charge is 0.257 e. The minimum Gasteiger partial charge on any atom is -0.322 e. The Morgan fingerprint density at radius 2 is 1.61 bits per heavy atom. The predicted octanol–water partition coefficient (Wildman–Crippen LogP) is 3.04. The molecular weight excluding hydrogens is 312 g/mol. The summed E-state index contributed by atoms with van der Waals surface area (Å²) >= 11 is 1.23. The van der Waals surface area contributed by atoms with Crippen LogP contribution < -0.4 is 10.6 Å². The van der Waals surface area contributed by atoms with Gasteiger partial charge in [-0.25, -0.2) is 0 Å². The fourth-order valence-corrected chi connectivity index (χ4v) is 2.37. The van der Waals surface area contributed by atoms with E-state index in [4.69, 9.17) is 0 Å².